The largest absolute Gasteiger partial charge is 0.310 e. The molecule has 0 aliphatic carbocycles. The van der Waals surface area contributed by atoms with Crippen molar-refractivity contribution in [3.05, 3.63) is 23.9 Å². The van der Waals surface area contributed by atoms with E-state index in [1.807, 2.05) is 18.0 Å². The molecule has 1 aromatic rings. The van der Waals surface area contributed by atoms with Crippen LogP contribution in [0.25, 0.3) is 0 Å². The lowest BCUT2D eigenvalue weighted by Gasteiger charge is -2.10. The van der Waals surface area contributed by atoms with Crippen LogP contribution in [0.4, 0.5) is 0 Å². The van der Waals surface area contributed by atoms with Gasteiger partial charge in [-0.3, -0.25) is 0 Å². The molecule has 1 unspecified atom stereocenters. The third-order valence-electron chi connectivity index (χ3n) is 2.58. The van der Waals surface area contributed by atoms with Crippen molar-refractivity contribution in [3.63, 3.8) is 0 Å². The van der Waals surface area contributed by atoms with Gasteiger partial charge in [-0.25, -0.2) is 4.98 Å². The van der Waals surface area contributed by atoms with E-state index in [2.05, 4.69) is 36.3 Å². The first-order chi connectivity index (χ1) is 7.25. The molecule has 2 nitrogen and oxygen atoms in total. The molecule has 0 saturated carbocycles. The Kier molecular flexibility index (Phi) is 3.65. The lowest BCUT2D eigenvalue weighted by Crippen LogP contribution is -2.12. The van der Waals surface area contributed by atoms with Crippen LogP contribution in [0.1, 0.15) is 38.3 Å². The van der Waals surface area contributed by atoms with Crippen LogP contribution >= 0.6 is 11.8 Å². The molecule has 1 aliphatic heterocycles. The van der Waals surface area contributed by atoms with Gasteiger partial charge in [-0.15, -0.1) is 11.8 Å². The van der Waals surface area contributed by atoms with E-state index in [-0.39, 0.29) is 0 Å². The molecule has 0 radical (unpaired) electrons. The Morgan fingerprint density at radius 3 is 2.87 bits per heavy atom. The second-order valence-electron chi connectivity index (χ2n) is 4.25. The Morgan fingerprint density at radius 2 is 2.33 bits per heavy atom. The molecule has 1 atom stereocenters. The van der Waals surface area contributed by atoms with Gasteiger partial charge in [0.25, 0.3) is 0 Å². The molecular formula is C12H18N2S. The first-order valence-corrected chi connectivity index (χ1v) is 6.49. The van der Waals surface area contributed by atoms with Crippen LogP contribution in [0, 0.1) is 0 Å². The number of rotatable bonds is 3. The molecule has 2 heterocycles. The predicted molar refractivity (Wildman–Crippen MR) is 65.2 cm³/mol. The Balaban J connectivity index is 2.03. The lowest BCUT2D eigenvalue weighted by molar-refractivity contribution is 0.643. The maximum atomic E-state index is 4.49. The first kappa shape index (κ1) is 11.0. The summed E-state index contributed by atoms with van der Waals surface area (Å²) in [5, 5.41) is 5.22. The van der Waals surface area contributed by atoms with Crippen LogP contribution in [0.5, 0.6) is 0 Å². The van der Waals surface area contributed by atoms with Crippen LogP contribution < -0.4 is 5.32 Å². The number of nitrogens with one attached hydrogen (secondary N) is 1. The van der Waals surface area contributed by atoms with Gasteiger partial charge in [0.15, 0.2) is 0 Å². The molecule has 15 heavy (non-hydrogen) atoms. The van der Waals surface area contributed by atoms with E-state index < -0.39 is 0 Å². The zero-order chi connectivity index (χ0) is 10.7. The number of pyridine rings is 1. The van der Waals surface area contributed by atoms with Gasteiger partial charge in [0.2, 0.25) is 0 Å². The van der Waals surface area contributed by atoms with Gasteiger partial charge >= 0.3 is 0 Å². The normalized spacial score (nSPS) is 21.1. The summed E-state index contributed by atoms with van der Waals surface area (Å²) < 4.78 is 0. The monoisotopic (exact) mass is 222 g/mol. The van der Waals surface area contributed by atoms with Crippen molar-refractivity contribution in [3.8, 4) is 0 Å². The summed E-state index contributed by atoms with van der Waals surface area (Å²) in [4.78, 5) is 4.49. The second-order valence-corrected chi connectivity index (χ2v) is 5.84. The quantitative estimate of drug-likeness (QED) is 0.796. The van der Waals surface area contributed by atoms with Crippen molar-refractivity contribution in [2.45, 2.75) is 43.0 Å². The van der Waals surface area contributed by atoms with Crippen molar-refractivity contribution in [2.24, 2.45) is 0 Å². The fourth-order valence-corrected chi connectivity index (χ4v) is 2.62. The number of aromatic nitrogens is 1. The van der Waals surface area contributed by atoms with Gasteiger partial charge < -0.3 is 5.32 Å². The fraction of sp³-hybridized carbons (Fsp3) is 0.583. The standard InChI is InChI=1S/C12H18N2S/c1-9(2)15-12-6-5-10(8-14-12)11-4-3-7-13-11/h5-6,8-9,11,13H,3-4,7H2,1-2H3. The zero-order valence-corrected chi connectivity index (χ0v) is 10.2. The predicted octanol–water partition coefficient (Wildman–Crippen LogP) is 3.01. The summed E-state index contributed by atoms with van der Waals surface area (Å²) in [6.45, 7) is 5.53. The maximum absolute atomic E-state index is 4.49. The minimum absolute atomic E-state index is 0.538. The van der Waals surface area contributed by atoms with Crippen molar-refractivity contribution in [2.75, 3.05) is 6.54 Å². The Bertz CT molecular complexity index is 302. The van der Waals surface area contributed by atoms with Gasteiger partial charge in [-0.2, -0.15) is 0 Å². The molecule has 0 aromatic carbocycles. The zero-order valence-electron chi connectivity index (χ0n) is 9.36. The van der Waals surface area contributed by atoms with Crippen LogP contribution in [-0.2, 0) is 0 Å². The van der Waals surface area contributed by atoms with Gasteiger partial charge in [0, 0.05) is 17.5 Å². The minimum Gasteiger partial charge on any atom is -0.310 e. The highest BCUT2D eigenvalue weighted by Crippen LogP contribution is 2.25. The number of hydrogen-bond donors (Lipinski definition) is 1. The van der Waals surface area contributed by atoms with E-state index in [9.17, 15) is 0 Å². The highest BCUT2D eigenvalue weighted by molar-refractivity contribution is 7.99. The van der Waals surface area contributed by atoms with Crippen LogP contribution in [0.15, 0.2) is 23.4 Å². The summed E-state index contributed by atoms with van der Waals surface area (Å²) in [6, 6.07) is 4.89. The summed E-state index contributed by atoms with van der Waals surface area (Å²) in [7, 11) is 0. The topological polar surface area (TPSA) is 24.9 Å². The molecule has 82 valence electrons. The molecule has 1 fully saturated rings. The molecule has 0 amide bonds. The summed E-state index contributed by atoms with van der Waals surface area (Å²) in [5.74, 6) is 0. The molecule has 1 aromatic heterocycles. The Morgan fingerprint density at radius 1 is 1.47 bits per heavy atom. The molecule has 0 bridgehead atoms. The number of hydrogen-bond acceptors (Lipinski definition) is 3. The van der Waals surface area contributed by atoms with E-state index in [1.54, 1.807) is 0 Å². The van der Waals surface area contributed by atoms with Gasteiger partial charge in [0.05, 0.1) is 5.03 Å². The second kappa shape index (κ2) is 4.99. The van der Waals surface area contributed by atoms with Gasteiger partial charge in [0.1, 0.15) is 0 Å². The molecule has 3 heteroatoms. The smallest absolute Gasteiger partial charge is 0.0962 e. The summed E-state index contributed by atoms with van der Waals surface area (Å²) in [5.41, 5.74) is 1.33. The van der Waals surface area contributed by atoms with Gasteiger partial charge in [-0.05, 0) is 31.0 Å². The highest BCUT2D eigenvalue weighted by Gasteiger charge is 2.16. The Labute approximate surface area is 95.9 Å². The van der Waals surface area contributed by atoms with Crippen molar-refractivity contribution in [1.82, 2.24) is 10.3 Å². The average molecular weight is 222 g/mol. The van der Waals surface area contributed by atoms with E-state index in [4.69, 9.17) is 0 Å². The molecule has 1 aliphatic rings. The van der Waals surface area contributed by atoms with Crippen molar-refractivity contribution < 1.29 is 0 Å². The average Bonchev–Trinajstić information content (AvgIpc) is 2.71. The molecule has 2 rings (SSSR count). The van der Waals surface area contributed by atoms with Gasteiger partial charge in [-0.1, -0.05) is 19.9 Å². The van der Waals surface area contributed by atoms with Crippen molar-refractivity contribution >= 4 is 11.8 Å². The first-order valence-electron chi connectivity index (χ1n) is 5.61. The molecule has 1 N–H and O–H groups in total. The fourth-order valence-electron chi connectivity index (χ4n) is 1.88. The van der Waals surface area contributed by atoms with E-state index in [0.29, 0.717) is 11.3 Å². The van der Waals surface area contributed by atoms with Crippen LogP contribution in [0.3, 0.4) is 0 Å². The minimum atomic E-state index is 0.538. The summed E-state index contributed by atoms with van der Waals surface area (Å²) >= 11 is 1.82. The Hall–Kier alpha value is -0.540. The molecular weight excluding hydrogens is 204 g/mol. The van der Waals surface area contributed by atoms with E-state index >= 15 is 0 Å². The van der Waals surface area contributed by atoms with Crippen LogP contribution in [0.2, 0.25) is 0 Å². The number of thioether (sulfide) groups is 1. The third kappa shape index (κ3) is 2.95. The third-order valence-corrected chi connectivity index (χ3v) is 3.53. The molecule has 1 saturated heterocycles. The summed E-state index contributed by atoms with van der Waals surface area (Å²) in [6.07, 6.45) is 4.55. The molecule has 0 spiro atoms. The number of nitrogens with zero attached hydrogens (tertiary/aromatic N) is 1. The van der Waals surface area contributed by atoms with Crippen LogP contribution in [-0.4, -0.2) is 16.8 Å². The van der Waals surface area contributed by atoms with Crippen molar-refractivity contribution in [1.29, 1.82) is 0 Å². The lowest BCUT2D eigenvalue weighted by atomic mass is 10.1. The van der Waals surface area contributed by atoms with E-state index in [1.165, 1.54) is 18.4 Å². The maximum Gasteiger partial charge on any atom is 0.0962 e. The SMILES string of the molecule is CC(C)Sc1ccc(C2CCCN2)cn1. The van der Waals surface area contributed by atoms with E-state index in [0.717, 1.165) is 11.6 Å². The highest BCUT2D eigenvalue weighted by atomic mass is 32.2.